The first-order valence-corrected chi connectivity index (χ1v) is 8.47. The molecule has 1 saturated heterocycles. The predicted octanol–water partition coefficient (Wildman–Crippen LogP) is 2.64. The molecule has 1 aromatic heterocycles. The van der Waals surface area contributed by atoms with Crippen LogP contribution in [0.4, 0.5) is 5.69 Å². The van der Waals surface area contributed by atoms with Crippen molar-refractivity contribution in [3.8, 4) is 6.07 Å². The van der Waals surface area contributed by atoms with Crippen molar-refractivity contribution in [1.82, 2.24) is 9.88 Å². The van der Waals surface area contributed by atoms with Crippen LogP contribution in [0.25, 0.3) is 0 Å². The third kappa shape index (κ3) is 3.41. The van der Waals surface area contributed by atoms with E-state index >= 15 is 0 Å². The number of nitrogens with zero attached hydrogens (tertiary/aromatic N) is 4. The van der Waals surface area contributed by atoms with Crippen LogP contribution in [0, 0.1) is 11.3 Å². The van der Waals surface area contributed by atoms with Crippen LogP contribution in [-0.4, -0.2) is 35.4 Å². The van der Waals surface area contributed by atoms with Crippen molar-refractivity contribution in [3.63, 3.8) is 0 Å². The van der Waals surface area contributed by atoms with E-state index in [0.717, 1.165) is 30.1 Å². The molecule has 0 saturated carbocycles. The molecular weight excluding hydrogens is 308 g/mol. The Bertz CT molecular complexity index is 705. The van der Waals surface area contributed by atoms with Gasteiger partial charge in [-0.25, -0.2) is 4.98 Å². The van der Waals surface area contributed by atoms with Crippen LogP contribution in [0.5, 0.6) is 0 Å². The molecule has 118 valence electrons. The molecule has 23 heavy (non-hydrogen) atoms. The van der Waals surface area contributed by atoms with Gasteiger partial charge in [-0.1, -0.05) is 0 Å². The molecule has 5 nitrogen and oxygen atoms in total. The Balaban J connectivity index is 1.73. The van der Waals surface area contributed by atoms with E-state index < -0.39 is 0 Å². The third-order valence-electron chi connectivity index (χ3n) is 4.12. The smallest absolute Gasteiger partial charge is 0.244 e. The van der Waals surface area contributed by atoms with Gasteiger partial charge in [-0.3, -0.25) is 9.69 Å². The average molecular weight is 326 g/mol. The van der Waals surface area contributed by atoms with Crippen molar-refractivity contribution in [2.45, 2.75) is 25.4 Å². The molecule has 0 bridgehead atoms. The molecule has 1 atom stereocenters. The lowest BCUT2D eigenvalue weighted by molar-refractivity contribution is -0.125. The highest BCUT2D eigenvalue weighted by molar-refractivity contribution is 7.09. The number of benzene rings is 1. The average Bonchev–Trinajstić information content (AvgIpc) is 3.08. The molecule has 0 radical (unpaired) electrons. The maximum atomic E-state index is 12.9. The van der Waals surface area contributed by atoms with E-state index in [2.05, 4.69) is 16.0 Å². The van der Waals surface area contributed by atoms with Gasteiger partial charge in [0.1, 0.15) is 5.01 Å². The van der Waals surface area contributed by atoms with Gasteiger partial charge in [0, 0.05) is 23.8 Å². The molecule has 1 amide bonds. The molecule has 0 aliphatic carbocycles. The van der Waals surface area contributed by atoms with Gasteiger partial charge in [0.25, 0.3) is 0 Å². The number of carbonyl (C=O) groups excluding carboxylic acids is 1. The summed E-state index contributed by atoms with van der Waals surface area (Å²) in [5, 5.41) is 11.9. The van der Waals surface area contributed by atoms with Crippen molar-refractivity contribution in [2.75, 3.05) is 18.5 Å². The van der Waals surface area contributed by atoms with E-state index in [1.54, 1.807) is 29.7 Å². The van der Waals surface area contributed by atoms with Gasteiger partial charge in [-0.05, 0) is 44.2 Å². The van der Waals surface area contributed by atoms with E-state index in [0.29, 0.717) is 12.1 Å². The Hall–Kier alpha value is -2.23. The van der Waals surface area contributed by atoms with Crippen LogP contribution < -0.4 is 4.90 Å². The lowest BCUT2D eigenvalue weighted by Gasteiger charge is -2.36. The highest BCUT2D eigenvalue weighted by atomic mass is 32.1. The van der Waals surface area contributed by atoms with Gasteiger partial charge in [-0.15, -0.1) is 11.3 Å². The summed E-state index contributed by atoms with van der Waals surface area (Å²) in [6.45, 7) is 1.42. The molecule has 1 aromatic carbocycles. The minimum atomic E-state index is -0.122. The fourth-order valence-corrected chi connectivity index (χ4v) is 3.57. The molecule has 0 N–H and O–H groups in total. The first-order valence-electron chi connectivity index (χ1n) is 7.59. The monoisotopic (exact) mass is 326 g/mol. The Morgan fingerprint density at radius 2 is 2.22 bits per heavy atom. The number of hydrogen-bond donors (Lipinski definition) is 0. The molecule has 0 spiro atoms. The van der Waals surface area contributed by atoms with Crippen LogP contribution in [0.2, 0.25) is 0 Å². The molecule has 6 heteroatoms. The van der Waals surface area contributed by atoms with Crippen LogP contribution in [0.15, 0.2) is 35.8 Å². The van der Waals surface area contributed by atoms with Gasteiger partial charge < -0.3 is 4.90 Å². The Labute approximate surface area is 139 Å². The second-order valence-electron chi connectivity index (χ2n) is 5.65. The Morgan fingerprint density at radius 3 is 2.87 bits per heavy atom. The van der Waals surface area contributed by atoms with Crippen LogP contribution in [-0.2, 0) is 11.3 Å². The highest BCUT2D eigenvalue weighted by Crippen LogP contribution is 2.24. The summed E-state index contributed by atoms with van der Waals surface area (Å²) in [5.74, 6) is 0.125. The molecule has 2 heterocycles. The third-order valence-corrected chi connectivity index (χ3v) is 4.88. The van der Waals surface area contributed by atoms with Crippen LogP contribution in [0.3, 0.4) is 0 Å². The van der Waals surface area contributed by atoms with Gasteiger partial charge in [-0.2, -0.15) is 5.26 Å². The number of amides is 1. The van der Waals surface area contributed by atoms with Crippen LogP contribution in [0.1, 0.15) is 23.4 Å². The number of nitriles is 1. The summed E-state index contributed by atoms with van der Waals surface area (Å²) in [7, 11) is 1.98. The summed E-state index contributed by atoms with van der Waals surface area (Å²) in [4.78, 5) is 21.1. The van der Waals surface area contributed by atoms with Gasteiger partial charge in [0.15, 0.2) is 0 Å². The normalized spacial score (nSPS) is 18.2. The van der Waals surface area contributed by atoms with Gasteiger partial charge in [0.05, 0.1) is 24.2 Å². The van der Waals surface area contributed by atoms with E-state index in [1.165, 1.54) is 0 Å². The summed E-state index contributed by atoms with van der Waals surface area (Å²) in [6.07, 6.45) is 3.63. The van der Waals surface area contributed by atoms with Gasteiger partial charge in [0.2, 0.25) is 5.91 Å². The molecule has 3 rings (SSSR count). The van der Waals surface area contributed by atoms with E-state index in [-0.39, 0.29) is 11.9 Å². The fourth-order valence-electron chi connectivity index (χ4n) is 2.89. The Morgan fingerprint density at radius 1 is 1.43 bits per heavy atom. The summed E-state index contributed by atoms with van der Waals surface area (Å²) in [6, 6.07) is 9.19. The SMILES string of the molecule is CN(Cc1nccs1)C1CCCN(c2ccc(C#N)cc2)C1=O. The van der Waals surface area contributed by atoms with Crippen molar-refractivity contribution >= 4 is 22.9 Å². The first kappa shape index (κ1) is 15.7. The highest BCUT2D eigenvalue weighted by Gasteiger charge is 2.32. The van der Waals surface area contributed by atoms with Crippen molar-refractivity contribution in [3.05, 3.63) is 46.4 Å². The van der Waals surface area contributed by atoms with Crippen molar-refractivity contribution in [2.24, 2.45) is 0 Å². The summed E-state index contributed by atoms with van der Waals surface area (Å²) in [5.41, 5.74) is 1.47. The molecule has 2 aromatic rings. The Kier molecular flexibility index (Phi) is 4.70. The zero-order chi connectivity index (χ0) is 16.2. The van der Waals surface area contributed by atoms with Crippen molar-refractivity contribution < 1.29 is 4.79 Å². The number of thiazole rings is 1. The van der Waals surface area contributed by atoms with E-state index in [1.807, 2.05) is 29.5 Å². The predicted molar refractivity (Wildman–Crippen MR) is 90.1 cm³/mol. The minimum absolute atomic E-state index is 0.122. The number of piperidine rings is 1. The molecule has 1 fully saturated rings. The fraction of sp³-hybridized carbons (Fsp3) is 0.353. The number of rotatable bonds is 4. The molecular formula is C17H18N4OS. The topological polar surface area (TPSA) is 60.2 Å². The second kappa shape index (κ2) is 6.90. The largest absolute Gasteiger partial charge is 0.311 e. The molecule has 1 unspecified atom stereocenters. The molecule has 1 aliphatic heterocycles. The number of hydrogen-bond acceptors (Lipinski definition) is 5. The number of anilines is 1. The number of likely N-dealkylation sites (N-methyl/N-ethyl adjacent to an activating group) is 1. The number of aromatic nitrogens is 1. The van der Waals surface area contributed by atoms with E-state index in [9.17, 15) is 4.79 Å². The number of carbonyl (C=O) groups is 1. The summed E-state index contributed by atoms with van der Waals surface area (Å²) >= 11 is 1.61. The lowest BCUT2D eigenvalue weighted by Crippen LogP contribution is -2.51. The standard InChI is InChI=1S/C17H18N4OS/c1-20(12-16-19-8-10-23-16)15-3-2-9-21(17(15)22)14-6-4-13(11-18)5-7-14/h4-8,10,15H,2-3,9,12H2,1H3. The maximum absolute atomic E-state index is 12.9. The van der Waals surface area contributed by atoms with Crippen LogP contribution >= 0.6 is 11.3 Å². The second-order valence-corrected chi connectivity index (χ2v) is 6.63. The zero-order valence-electron chi connectivity index (χ0n) is 13.0. The quantitative estimate of drug-likeness (QED) is 0.866. The van der Waals surface area contributed by atoms with E-state index in [4.69, 9.17) is 5.26 Å². The van der Waals surface area contributed by atoms with Gasteiger partial charge >= 0.3 is 0 Å². The zero-order valence-corrected chi connectivity index (χ0v) is 13.8. The maximum Gasteiger partial charge on any atom is 0.244 e. The molecule has 1 aliphatic rings. The van der Waals surface area contributed by atoms with Crippen molar-refractivity contribution in [1.29, 1.82) is 5.26 Å². The minimum Gasteiger partial charge on any atom is -0.311 e. The first-order chi connectivity index (χ1) is 11.2. The summed E-state index contributed by atoms with van der Waals surface area (Å²) < 4.78 is 0. The lowest BCUT2D eigenvalue weighted by atomic mass is 10.0.